The first-order chi connectivity index (χ1) is 9.74. The minimum Gasteiger partial charge on any atom is -0.339 e. The highest BCUT2D eigenvalue weighted by atomic mass is 15.5. The standard InChI is InChI=1S/C15H21N5/c1-12-14(13-6-4-3-5-7-13)17-18-15(16-12)20-10-8-19(2)9-11-20/h3-7,12H,8-11H2,1-2H3,(H,16,18). The van der Waals surface area contributed by atoms with Gasteiger partial charge in [0.15, 0.2) is 0 Å². The topological polar surface area (TPSA) is 43.2 Å². The van der Waals surface area contributed by atoms with E-state index in [0.29, 0.717) is 0 Å². The van der Waals surface area contributed by atoms with Crippen molar-refractivity contribution in [1.29, 1.82) is 0 Å². The van der Waals surface area contributed by atoms with Crippen molar-refractivity contribution >= 4 is 11.7 Å². The fraction of sp³-hybridized carbons (Fsp3) is 0.467. The van der Waals surface area contributed by atoms with Gasteiger partial charge in [0.05, 0.1) is 11.8 Å². The molecule has 1 saturated heterocycles. The van der Waals surface area contributed by atoms with Gasteiger partial charge in [-0.3, -0.25) is 0 Å². The molecule has 1 N–H and O–H groups in total. The molecule has 2 heterocycles. The lowest BCUT2D eigenvalue weighted by molar-refractivity contribution is 0.211. The Labute approximate surface area is 120 Å². The Kier molecular flexibility index (Phi) is 3.69. The summed E-state index contributed by atoms with van der Waals surface area (Å²) in [5, 5.41) is 4.54. The van der Waals surface area contributed by atoms with Gasteiger partial charge in [0.2, 0.25) is 5.96 Å². The molecule has 106 valence electrons. The lowest BCUT2D eigenvalue weighted by Gasteiger charge is -2.35. The summed E-state index contributed by atoms with van der Waals surface area (Å²) in [6.45, 7) is 6.26. The van der Waals surface area contributed by atoms with Crippen LogP contribution in [0.25, 0.3) is 0 Å². The van der Waals surface area contributed by atoms with Crippen LogP contribution in [0.3, 0.4) is 0 Å². The van der Waals surface area contributed by atoms with Gasteiger partial charge in [-0.25, -0.2) is 10.4 Å². The summed E-state index contributed by atoms with van der Waals surface area (Å²) in [6, 6.07) is 10.3. The second-order valence-electron chi connectivity index (χ2n) is 5.39. The summed E-state index contributed by atoms with van der Waals surface area (Å²) in [6.07, 6.45) is 0. The van der Waals surface area contributed by atoms with Crippen LogP contribution >= 0.6 is 0 Å². The van der Waals surface area contributed by atoms with Crippen LogP contribution in [-0.4, -0.2) is 60.7 Å². The Bertz CT molecular complexity index is 514. The summed E-state index contributed by atoms with van der Waals surface area (Å²) >= 11 is 0. The maximum absolute atomic E-state index is 4.77. The van der Waals surface area contributed by atoms with Crippen molar-refractivity contribution in [3.8, 4) is 0 Å². The quantitative estimate of drug-likeness (QED) is 0.828. The molecule has 1 atom stereocenters. The number of nitrogens with zero attached hydrogens (tertiary/aromatic N) is 4. The molecule has 0 amide bonds. The second-order valence-corrected chi connectivity index (χ2v) is 5.39. The zero-order valence-corrected chi connectivity index (χ0v) is 12.1. The molecule has 0 saturated carbocycles. The summed E-state index contributed by atoms with van der Waals surface area (Å²) < 4.78 is 0. The summed E-state index contributed by atoms with van der Waals surface area (Å²) in [7, 11) is 2.15. The summed E-state index contributed by atoms with van der Waals surface area (Å²) in [4.78, 5) is 9.39. The fourth-order valence-electron chi connectivity index (χ4n) is 2.56. The Balaban J connectivity index is 1.71. The zero-order valence-electron chi connectivity index (χ0n) is 12.1. The first-order valence-electron chi connectivity index (χ1n) is 7.14. The van der Waals surface area contributed by atoms with Gasteiger partial charge in [0.1, 0.15) is 0 Å². The van der Waals surface area contributed by atoms with Crippen molar-refractivity contribution in [3.05, 3.63) is 35.9 Å². The fourth-order valence-corrected chi connectivity index (χ4v) is 2.56. The Hall–Kier alpha value is -1.88. The molecule has 2 aliphatic heterocycles. The third-order valence-corrected chi connectivity index (χ3v) is 3.86. The molecule has 0 spiro atoms. The molecule has 5 heteroatoms. The van der Waals surface area contributed by atoms with Crippen LogP contribution in [0.1, 0.15) is 12.5 Å². The molecule has 1 fully saturated rings. The zero-order chi connectivity index (χ0) is 13.9. The van der Waals surface area contributed by atoms with Crippen LogP contribution in [0, 0.1) is 0 Å². The number of hydrazone groups is 1. The van der Waals surface area contributed by atoms with Gasteiger partial charge in [0.25, 0.3) is 0 Å². The van der Waals surface area contributed by atoms with E-state index in [2.05, 4.69) is 46.4 Å². The Morgan fingerprint density at radius 3 is 2.45 bits per heavy atom. The molecule has 0 radical (unpaired) electrons. The highest BCUT2D eigenvalue weighted by Gasteiger charge is 2.23. The van der Waals surface area contributed by atoms with Gasteiger partial charge in [-0.05, 0) is 19.5 Å². The van der Waals surface area contributed by atoms with E-state index in [0.717, 1.165) is 43.4 Å². The van der Waals surface area contributed by atoms with Crippen molar-refractivity contribution in [2.75, 3.05) is 33.2 Å². The first kappa shape index (κ1) is 13.1. The predicted molar refractivity (Wildman–Crippen MR) is 82.1 cm³/mol. The van der Waals surface area contributed by atoms with E-state index in [9.17, 15) is 0 Å². The number of piperazine rings is 1. The predicted octanol–water partition coefficient (Wildman–Crippen LogP) is 0.986. The van der Waals surface area contributed by atoms with Gasteiger partial charge in [-0.1, -0.05) is 30.3 Å². The third kappa shape index (κ3) is 2.67. The Morgan fingerprint density at radius 2 is 1.80 bits per heavy atom. The lowest BCUT2D eigenvalue weighted by Crippen LogP contribution is -2.52. The highest BCUT2D eigenvalue weighted by Crippen LogP contribution is 2.11. The smallest absolute Gasteiger partial charge is 0.215 e. The minimum atomic E-state index is 0.0910. The highest BCUT2D eigenvalue weighted by molar-refractivity contribution is 6.07. The molecule has 1 unspecified atom stereocenters. The first-order valence-corrected chi connectivity index (χ1v) is 7.14. The van der Waals surface area contributed by atoms with Crippen molar-refractivity contribution in [2.45, 2.75) is 13.0 Å². The van der Waals surface area contributed by atoms with E-state index in [-0.39, 0.29) is 6.04 Å². The molecule has 5 nitrogen and oxygen atoms in total. The molecule has 1 aromatic carbocycles. The average molecular weight is 271 g/mol. The number of hydrogen-bond acceptors (Lipinski definition) is 5. The van der Waals surface area contributed by atoms with Crippen LogP contribution in [0.5, 0.6) is 0 Å². The minimum absolute atomic E-state index is 0.0910. The number of rotatable bonds is 1. The van der Waals surface area contributed by atoms with Gasteiger partial charge >= 0.3 is 0 Å². The number of aliphatic imine (C=N–C) groups is 1. The largest absolute Gasteiger partial charge is 0.339 e. The van der Waals surface area contributed by atoms with E-state index < -0.39 is 0 Å². The van der Waals surface area contributed by atoms with Gasteiger partial charge in [-0.15, -0.1) is 0 Å². The molecule has 20 heavy (non-hydrogen) atoms. The third-order valence-electron chi connectivity index (χ3n) is 3.86. The van der Waals surface area contributed by atoms with E-state index in [1.54, 1.807) is 0 Å². The van der Waals surface area contributed by atoms with Gasteiger partial charge < -0.3 is 9.80 Å². The number of benzene rings is 1. The van der Waals surface area contributed by atoms with Crippen molar-refractivity contribution in [3.63, 3.8) is 0 Å². The van der Waals surface area contributed by atoms with Crippen molar-refractivity contribution in [1.82, 2.24) is 15.2 Å². The number of guanidine groups is 1. The van der Waals surface area contributed by atoms with Crippen LogP contribution in [0.4, 0.5) is 0 Å². The van der Waals surface area contributed by atoms with Crippen molar-refractivity contribution in [2.24, 2.45) is 10.1 Å². The number of hydrogen-bond donors (Lipinski definition) is 1. The molecule has 3 rings (SSSR count). The molecular formula is C15H21N5. The molecule has 0 aromatic heterocycles. The molecule has 0 aliphatic carbocycles. The molecular weight excluding hydrogens is 250 g/mol. The molecule has 2 aliphatic rings. The van der Waals surface area contributed by atoms with Gasteiger partial charge in [0, 0.05) is 26.2 Å². The van der Waals surface area contributed by atoms with Crippen LogP contribution in [0.2, 0.25) is 0 Å². The Morgan fingerprint density at radius 1 is 1.10 bits per heavy atom. The van der Waals surface area contributed by atoms with Crippen LogP contribution < -0.4 is 5.43 Å². The monoisotopic (exact) mass is 271 g/mol. The molecule has 1 aromatic rings. The van der Waals surface area contributed by atoms with E-state index >= 15 is 0 Å². The van der Waals surface area contributed by atoms with E-state index in [1.165, 1.54) is 0 Å². The van der Waals surface area contributed by atoms with E-state index in [1.807, 2.05) is 18.2 Å². The van der Waals surface area contributed by atoms with Crippen molar-refractivity contribution < 1.29 is 0 Å². The summed E-state index contributed by atoms with van der Waals surface area (Å²) in [5.41, 5.74) is 5.26. The summed E-state index contributed by atoms with van der Waals surface area (Å²) in [5.74, 6) is 0.908. The number of nitrogens with one attached hydrogen (secondary N) is 1. The molecule has 0 bridgehead atoms. The average Bonchev–Trinajstić information content (AvgIpc) is 2.49. The van der Waals surface area contributed by atoms with Gasteiger partial charge in [-0.2, -0.15) is 5.10 Å². The van der Waals surface area contributed by atoms with Crippen LogP contribution in [-0.2, 0) is 0 Å². The number of likely N-dealkylation sites (N-methyl/N-ethyl adjacent to an activating group) is 1. The second kappa shape index (κ2) is 5.63. The van der Waals surface area contributed by atoms with Crippen LogP contribution in [0.15, 0.2) is 40.4 Å². The SMILES string of the molecule is CC1N=C(N2CCN(C)CC2)NN=C1c1ccccc1. The maximum atomic E-state index is 4.77. The normalized spacial score (nSPS) is 23.9. The lowest BCUT2D eigenvalue weighted by atomic mass is 10.0. The van der Waals surface area contributed by atoms with E-state index in [4.69, 9.17) is 4.99 Å². The maximum Gasteiger partial charge on any atom is 0.215 e.